The first-order valence-electron chi connectivity index (χ1n) is 5.63. The second kappa shape index (κ2) is 6.44. The molecule has 0 radical (unpaired) electrons. The van der Waals surface area contributed by atoms with Crippen molar-refractivity contribution >= 4 is 11.9 Å². The monoisotopic (exact) mass is 228 g/mol. The van der Waals surface area contributed by atoms with E-state index in [9.17, 15) is 9.59 Å². The lowest BCUT2D eigenvalue weighted by Crippen LogP contribution is -2.45. The molecular formula is C10H20N4O2. The van der Waals surface area contributed by atoms with Crippen LogP contribution in [0.2, 0.25) is 0 Å². The van der Waals surface area contributed by atoms with Crippen molar-refractivity contribution in [2.75, 3.05) is 26.2 Å². The third-order valence-corrected chi connectivity index (χ3v) is 2.81. The van der Waals surface area contributed by atoms with E-state index in [-0.39, 0.29) is 12.5 Å². The maximum absolute atomic E-state index is 11.3. The van der Waals surface area contributed by atoms with Crippen molar-refractivity contribution in [1.82, 2.24) is 10.2 Å². The second-order valence-electron chi connectivity index (χ2n) is 4.23. The number of urea groups is 1. The summed E-state index contributed by atoms with van der Waals surface area (Å²) in [6.07, 6.45) is 3.24. The van der Waals surface area contributed by atoms with Crippen molar-refractivity contribution in [3.05, 3.63) is 0 Å². The highest BCUT2D eigenvalue weighted by molar-refractivity contribution is 5.94. The van der Waals surface area contributed by atoms with Gasteiger partial charge in [-0.25, -0.2) is 4.79 Å². The van der Waals surface area contributed by atoms with Gasteiger partial charge in [-0.2, -0.15) is 0 Å². The first-order valence-corrected chi connectivity index (χ1v) is 5.63. The summed E-state index contributed by atoms with van der Waals surface area (Å²) in [6.45, 7) is 2.70. The van der Waals surface area contributed by atoms with Crippen molar-refractivity contribution in [2.24, 2.45) is 17.4 Å². The molecule has 0 saturated carbocycles. The van der Waals surface area contributed by atoms with Crippen molar-refractivity contribution in [3.63, 3.8) is 0 Å². The Balaban J connectivity index is 2.31. The van der Waals surface area contributed by atoms with E-state index < -0.39 is 6.03 Å². The van der Waals surface area contributed by atoms with Crippen molar-refractivity contribution in [1.29, 1.82) is 0 Å². The van der Waals surface area contributed by atoms with E-state index in [1.807, 2.05) is 4.90 Å². The number of amides is 3. The average molecular weight is 228 g/mol. The molecule has 0 aromatic heterocycles. The van der Waals surface area contributed by atoms with Gasteiger partial charge in [0.1, 0.15) is 0 Å². The predicted molar refractivity (Wildman–Crippen MR) is 60.6 cm³/mol. The predicted octanol–water partition coefficient (Wildman–Crippen LogP) is -0.758. The van der Waals surface area contributed by atoms with Gasteiger partial charge in [0.25, 0.3) is 0 Å². The molecule has 16 heavy (non-hydrogen) atoms. The fourth-order valence-corrected chi connectivity index (χ4v) is 2.15. The molecule has 1 saturated heterocycles. The Morgan fingerprint density at radius 3 is 2.81 bits per heavy atom. The van der Waals surface area contributed by atoms with Crippen LogP contribution in [0.4, 0.5) is 4.79 Å². The summed E-state index contributed by atoms with van der Waals surface area (Å²) in [5.74, 6) is 0.237. The molecule has 1 unspecified atom stereocenters. The van der Waals surface area contributed by atoms with Crippen LogP contribution in [0.15, 0.2) is 0 Å². The summed E-state index contributed by atoms with van der Waals surface area (Å²) >= 11 is 0. The second-order valence-corrected chi connectivity index (χ2v) is 4.23. The standard InChI is InChI=1S/C10H20N4O2/c11-4-3-8-2-1-5-14(6-8)7-9(15)13-10(12)16/h8H,1-7,11H2,(H3,12,13,15,16). The first-order chi connectivity index (χ1) is 7.61. The third-order valence-electron chi connectivity index (χ3n) is 2.81. The van der Waals surface area contributed by atoms with Crippen molar-refractivity contribution in [2.45, 2.75) is 19.3 Å². The van der Waals surface area contributed by atoms with E-state index in [2.05, 4.69) is 5.32 Å². The first kappa shape index (κ1) is 12.9. The number of nitrogens with zero attached hydrogens (tertiary/aromatic N) is 1. The van der Waals surface area contributed by atoms with Gasteiger partial charge in [0.15, 0.2) is 0 Å². The van der Waals surface area contributed by atoms with E-state index in [1.165, 1.54) is 6.42 Å². The summed E-state index contributed by atoms with van der Waals surface area (Å²) in [5, 5.41) is 2.07. The van der Waals surface area contributed by atoms with Crippen LogP contribution in [0, 0.1) is 5.92 Å². The van der Waals surface area contributed by atoms with Gasteiger partial charge in [0.2, 0.25) is 5.91 Å². The molecule has 0 aliphatic carbocycles. The zero-order chi connectivity index (χ0) is 12.0. The summed E-state index contributed by atoms with van der Waals surface area (Å²) in [6, 6.07) is -0.791. The number of imide groups is 1. The number of carbonyl (C=O) groups excluding carboxylic acids is 2. The van der Waals surface area contributed by atoms with Crippen LogP contribution in [-0.4, -0.2) is 43.0 Å². The number of likely N-dealkylation sites (tertiary alicyclic amines) is 1. The third kappa shape index (κ3) is 4.59. The molecule has 1 atom stereocenters. The molecule has 0 bridgehead atoms. The van der Waals surface area contributed by atoms with Gasteiger partial charge in [0.05, 0.1) is 6.54 Å². The number of hydrogen-bond acceptors (Lipinski definition) is 4. The lowest BCUT2D eigenvalue weighted by molar-refractivity contribution is -0.121. The van der Waals surface area contributed by atoms with Gasteiger partial charge in [0, 0.05) is 6.54 Å². The SMILES string of the molecule is NCCC1CCCN(CC(=O)NC(N)=O)C1. The highest BCUT2D eigenvalue weighted by Gasteiger charge is 2.21. The van der Waals surface area contributed by atoms with Crippen molar-refractivity contribution < 1.29 is 9.59 Å². The van der Waals surface area contributed by atoms with Crippen LogP contribution in [-0.2, 0) is 4.79 Å². The number of nitrogens with two attached hydrogens (primary N) is 2. The number of carbonyl (C=O) groups is 2. The van der Waals surface area contributed by atoms with Gasteiger partial charge in [-0.05, 0) is 38.3 Å². The van der Waals surface area contributed by atoms with E-state index in [4.69, 9.17) is 11.5 Å². The minimum absolute atomic E-state index is 0.240. The summed E-state index contributed by atoms with van der Waals surface area (Å²) in [4.78, 5) is 23.8. The molecule has 0 aromatic rings. The van der Waals surface area contributed by atoms with Gasteiger partial charge in [-0.15, -0.1) is 0 Å². The average Bonchev–Trinajstić information content (AvgIpc) is 2.17. The lowest BCUT2D eigenvalue weighted by atomic mass is 9.95. The van der Waals surface area contributed by atoms with Crippen LogP contribution in [0.5, 0.6) is 0 Å². The molecule has 6 heteroatoms. The zero-order valence-electron chi connectivity index (χ0n) is 9.45. The van der Waals surface area contributed by atoms with Crippen LogP contribution < -0.4 is 16.8 Å². The molecular weight excluding hydrogens is 208 g/mol. The van der Waals surface area contributed by atoms with Crippen LogP contribution >= 0.6 is 0 Å². The fraction of sp³-hybridized carbons (Fsp3) is 0.800. The Kier molecular flexibility index (Phi) is 5.21. The number of nitrogens with one attached hydrogen (secondary N) is 1. The molecule has 1 heterocycles. The van der Waals surface area contributed by atoms with Gasteiger partial charge in [-0.3, -0.25) is 15.0 Å². The zero-order valence-corrected chi connectivity index (χ0v) is 9.45. The molecule has 6 nitrogen and oxygen atoms in total. The van der Waals surface area contributed by atoms with E-state index >= 15 is 0 Å². The molecule has 3 amide bonds. The number of rotatable bonds is 4. The molecule has 1 aliphatic rings. The largest absolute Gasteiger partial charge is 0.351 e. The number of primary amides is 1. The molecule has 92 valence electrons. The highest BCUT2D eigenvalue weighted by atomic mass is 16.2. The molecule has 1 rings (SSSR count). The summed E-state index contributed by atoms with van der Waals surface area (Å²) < 4.78 is 0. The Morgan fingerprint density at radius 2 is 2.19 bits per heavy atom. The van der Waals surface area contributed by atoms with Gasteiger partial charge in [-0.1, -0.05) is 0 Å². The molecule has 0 spiro atoms. The quantitative estimate of drug-likeness (QED) is 0.588. The minimum Gasteiger partial charge on any atom is -0.351 e. The normalized spacial score (nSPS) is 21.7. The lowest BCUT2D eigenvalue weighted by Gasteiger charge is -2.31. The fourth-order valence-electron chi connectivity index (χ4n) is 2.15. The Labute approximate surface area is 95.3 Å². The van der Waals surface area contributed by atoms with Gasteiger partial charge < -0.3 is 11.5 Å². The molecule has 0 aromatic carbocycles. The van der Waals surface area contributed by atoms with Crippen LogP contribution in [0.3, 0.4) is 0 Å². The maximum Gasteiger partial charge on any atom is 0.318 e. The molecule has 5 N–H and O–H groups in total. The highest BCUT2D eigenvalue weighted by Crippen LogP contribution is 2.18. The maximum atomic E-state index is 11.3. The Hall–Kier alpha value is -1.14. The van der Waals surface area contributed by atoms with E-state index in [1.54, 1.807) is 0 Å². The number of piperidine rings is 1. The minimum atomic E-state index is -0.791. The Morgan fingerprint density at radius 1 is 1.44 bits per heavy atom. The molecule has 1 fully saturated rings. The van der Waals surface area contributed by atoms with E-state index in [0.29, 0.717) is 12.5 Å². The summed E-state index contributed by atoms with van der Waals surface area (Å²) in [5.41, 5.74) is 10.4. The Bertz CT molecular complexity index is 255. The van der Waals surface area contributed by atoms with Crippen LogP contribution in [0.25, 0.3) is 0 Å². The van der Waals surface area contributed by atoms with Crippen LogP contribution in [0.1, 0.15) is 19.3 Å². The molecule has 1 aliphatic heterocycles. The van der Waals surface area contributed by atoms with Crippen molar-refractivity contribution in [3.8, 4) is 0 Å². The topological polar surface area (TPSA) is 101 Å². The smallest absolute Gasteiger partial charge is 0.318 e. The summed E-state index contributed by atoms with van der Waals surface area (Å²) in [7, 11) is 0. The van der Waals surface area contributed by atoms with Gasteiger partial charge >= 0.3 is 6.03 Å². The van der Waals surface area contributed by atoms with E-state index in [0.717, 1.165) is 25.9 Å². The number of hydrogen-bond donors (Lipinski definition) is 3.